The lowest BCUT2D eigenvalue weighted by atomic mass is 9.66. The molecule has 5 atom stereocenters. The Kier molecular flexibility index (Phi) is 8.71. The highest BCUT2D eigenvalue weighted by Crippen LogP contribution is 2.63. The number of aliphatic hydroxyl groups is 1. The van der Waals surface area contributed by atoms with Crippen molar-refractivity contribution in [3.63, 3.8) is 0 Å². The van der Waals surface area contributed by atoms with Gasteiger partial charge in [0, 0.05) is 24.9 Å². The monoisotopic (exact) mass is 555 g/mol. The number of anilines is 1. The zero-order valence-corrected chi connectivity index (χ0v) is 24.0. The Morgan fingerprint density at radius 1 is 1.05 bits per heavy atom. The van der Waals surface area contributed by atoms with E-state index in [1.807, 2.05) is 26.0 Å². The third-order valence-corrected chi connectivity index (χ3v) is 9.50. The molecule has 3 N–H and O–H groups in total. The van der Waals surface area contributed by atoms with E-state index >= 15 is 0 Å². The molecule has 40 heavy (non-hydrogen) atoms. The fourth-order valence-corrected chi connectivity index (χ4v) is 7.66. The van der Waals surface area contributed by atoms with Crippen molar-refractivity contribution in [1.29, 1.82) is 0 Å². The van der Waals surface area contributed by atoms with E-state index in [0.717, 1.165) is 57.1 Å². The lowest BCUT2D eigenvalue weighted by Crippen LogP contribution is -2.57. The highest BCUT2D eigenvalue weighted by atomic mass is 16.5. The van der Waals surface area contributed by atoms with E-state index in [2.05, 4.69) is 10.6 Å². The number of nitrogens with zero attached hydrogens (tertiary/aromatic N) is 1. The van der Waals surface area contributed by atoms with Crippen LogP contribution in [0.15, 0.2) is 24.3 Å². The van der Waals surface area contributed by atoms with Crippen molar-refractivity contribution >= 4 is 23.4 Å². The maximum absolute atomic E-state index is 14.2. The molecule has 5 rings (SSSR count). The number of rotatable bonds is 12. The Bertz CT molecular complexity index is 1070. The highest BCUT2D eigenvalue weighted by molar-refractivity contribution is 6.02. The molecule has 4 aliphatic rings. The molecule has 0 aromatic heterocycles. The minimum atomic E-state index is -1.00. The van der Waals surface area contributed by atoms with E-state index in [0.29, 0.717) is 31.7 Å². The first-order valence-corrected chi connectivity index (χ1v) is 15.3. The first kappa shape index (κ1) is 28.9. The van der Waals surface area contributed by atoms with Crippen LogP contribution in [0.4, 0.5) is 5.69 Å². The number of amides is 3. The highest BCUT2D eigenvalue weighted by Gasteiger charge is 2.77. The van der Waals surface area contributed by atoms with Crippen molar-refractivity contribution in [1.82, 2.24) is 10.2 Å². The van der Waals surface area contributed by atoms with Crippen LogP contribution < -0.4 is 15.4 Å². The van der Waals surface area contributed by atoms with Crippen LogP contribution in [-0.4, -0.2) is 70.8 Å². The molecule has 9 nitrogen and oxygen atoms in total. The lowest BCUT2D eigenvalue weighted by Gasteiger charge is -2.35. The van der Waals surface area contributed by atoms with Crippen LogP contribution in [0.2, 0.25) is 0 Å². The molecule has 220 valence electrons. The molecular formula is C31H45N3O6. The first-order chi connectivity index (χ1) is 19.3. The molecular weight excluding hydrogens is 510 g/mol. The third kappa shape index (κ3) is 5.34. The Labute approximate surface area is 237 Å². The predicted octanol–water partition coefficient (Wildman–Crippen LogP) is 3.79. The van der Waals surface area contributed by atoms with Gasteiger partial charge in [-0.1, -0.05) is 32.1 Å². The molecule has 1 saturated carbocycles. The Morgan fingerprint density at radius 3 is 2.48 bits per heavy atom. The van der Waals surface area contributed by atoms with Crippen LogP contribution in [0, 0.1) is 11.8 Å². The minimum absolute atomic E-state index is 0.117. The summed E-state index contributed by atoms with van der Waals surface area (Å²) >= 11 is 0. The van der Waals surface area contributed by atoms with E-state index in [-0.39, 0.29) is 30.4 Å². The number of benzene rings is 1. The van der Waals surface area contributed by atoms with E-state index in [1.165, 1.54) is 6.42 Å². The average molecular weight is 556 g/mol. The number of hydrogen-bond acceptors (Lipinski definition) is 6. The maximum atomic E-state index is 14.2. The number of carbonyl (C=O) groups is 3. The first-order valence-electron chi connectivity index (χ1n) is 15.3. The quantitative estimate of drug-likeness (QED) is 0.338. The SMILES string of the molecule is CCOc1ccc(NC(=O)[C@@H]2[C@H]3C(=O)N(CCCCCCO)C(C(=O)NC4CCCCC4)C34CC[C@@]2(C)O4)cc1. The van der Waals surface area contributed by atoms with Crippen LogP contribution in [0.3, 0.4) is 0 Å². The topological polar surface area (TPSA) is 117 Å². The summed E-state index contributed by atoms with van der Waals surface area (Å²) in [6, 6.07) is 6.59. The summed E-state index contributed by atoms with van der Waals surface area (Å²) in [5, 5.41) is 15.4. The van der Waals surface area contributed by atoms with Gasteiger partial charge in [0.15, 0.2) is 0 Å². The zero-order chi connectivity index (χ0) is 28.3. The summed E-state index contributed by atoms with van der Waals surface area (Å²) in [6.07, 6.45) is 9.68. The van der Waals surface area contributed by atoms with Gasteiger partial charge in [-0.15, -0.1) is 0 Å². The molecule has 9 heteroatoms. The summed E-state index contributed by atoms with van der Waals surface area (Å²) in [5.41, 5.74) is -1.19. The fraction of sp³-hybridized carbons (Fsp3) is 0.710. The van der Waals surface area contributed by atoms with Gasteiger partial charge in [0.25, 0.3) is 0 Å². The molecule has 1 spiro atoms. The number of fused-ring (bicyclic) bond motifs is 1. The van der Waals surface area contributed by atoms with Gasteiger partial charge >= 0.3 is 0 Å². The van der Waals surface area contributed by atoms with Crippen molar-refractivity contribution in [2.45, 2.75) is 108 Å². The van der Waals surface area contributed by atoms with Crippen molar-refractivity contribution in [3.05, 3.63) is 24.3 Å². The van der Waals surface area contributed by atoms with Gasteiger partial charge in [0.1, 0.15) is 17.4 Å². The maximum Gasteiger partial charge on any atom is 0.246 e. The van der Waals surface area contributed by atoms with Gasteiger partial charge in [0.05, 0.1) is 24.0 Å². The lowest BCUT2D eigenvalue weighted by molar-refractivity contribution is -0.145. The summed E-state index contributed by atoms with van der Waals surface area (Å²) < 4.78 is 12.2. The smallest absolute Gasteiger partial charge is 0.246 e. The van der Waals surface area contributed by atoms with Gasteiger partial charge in [-0.2, -0.15) is 0 Å². The number of hydrogen-bond donors (Lipinski definition) is 3. The molecule has 2 bridgehead atoms. The van der Waals surface area contributed by atoms with E-state index in [4.69, 9.17) is 14.6 Å². The molecule has 0 radical (unpaired) electrons. The summed E-state index contributed by atoms with van der Waals surface area (Å²) in [6.45, 7) is 4.99. The zero-order valence-electron chi connectivity index (χ0n) is 24.0. The van der Waals surface area contributed by atoms with Crippen LogP contribution >= 0.6 is 0 Å². The van der Waals surface area contributed by atoms with Gasteiger partial charge < -0.3 is 30.1 Å². The summed E-state index contributed by atoms with van der Waals surface area (Å²) in [7, 11) is 0. The fourth-order valence-electron chi connectivity index (χ4n) is 7.66. The second kappa shape index (κ2) is 12.1. The van der Waals surface area contributed by atoms with Crippen molar-refractivity contribution in [2.24, 2.45) is 11.8 Å². The minimum Gasteiger partial charge on any atom is -0.494 e. The van der Waals surface area contributed by atoms with Crippen LogP contribution in [0.5, 0.6) is 5.75 Å². The molecule has 1 aromatic rings. The van der Waals surface area contributed by atoms with E-state index in [9.17, 15) is 14.4 Å². The van der Waals surface area contributed by atoms with Crippen LogP contribution in [0.25, 0.3) is 0 Å². The van der Waals surface area contributed by atoms with Gasteiger partial charge in [-0.25, -0.2) is 0 Å². The molecule has 3 aliphatic heterocycles. The number of ether oxygens (including phenoxy) is 2. The van der Waals surface area contributed by atoms with Crippen LogP contribution in [0.1, 0.15) is 84.5 Å². The number of aliphatic hydroxyl groups excluding tert-OH is 1. The molecule has 4 fully saturated rings. The molecule has 3 heterocycles. The second-order valence-electron chi connectivity index (χ2n) is 12.2. The predicted molar refractivity (Wildman–Crippen MR) is 151 cm³/mol. The molecule has 3 saturated heterocycles. The van der Waals surface area contributed by atoms with Crippen LogP contribution in [-0.2, 0) is 19.1 Å². The van der Waals surface area contributed by atoms with Crippen molar-refractivity contribution in [2.75, 3.05) is 25.1 Å². The molecule has 1 aliphatic carbocycles. The van der Waals surface area contributed by atoms with Crippen molar-refractivity contribution in [3.8, 4) is 5.75 Å². The Morgan fingerprint density at radius 2 is 1.77 bits per heavy atom. The van der Waals surface area contributed by atoms with Gasteiger partial charge in [-0.3, -0.25) is 14.4 Å². The van der Waals surface area contributed by atoms with Gasteiger partial charge in [0.2, 0.25) is 17.7 Å². The molecule has 2 unspecified atom stereocenters. The third-order valence-electron chi connectivity index (χ3n) is 9.50. The second-order valence-corrected chi connectivity index (χ2v) is 12.2. The number of unbranched alkanes of at least 4 members (excludes halogenated alkanes) is 3. The largest absolute Gasteiger partial charge is 0.494 e. The molecule has 3 amide bonds. The number of likely N-dealkylation sites (tertiary alicyclic amines) is 1. The standard InChI is InChI=1S/C31H45N3O6/c1-3-39-23-15-13-22(14-16-23)32-27(36)24-25-29(38)34(19-9-4-5-10-20-35)26(31(25)18-17-30(24,2)40-31)28(37)33-21-11-7-6-8-12-21/h13-16,21,24-26,35H,3-12,17-20H2,1-2H3,(H,32,36)(H,33,37)/t24-,25-,26?,30+,31?/m0/s1. The number of carbonyl (C=O) groups excluding carboxylic acids is 3. The van der Waals surface area contributed by atoms with Gasteiger partial charge in [-0.05, 0) is 76.6 Å². The molecule has 1 aromatic carbocycles. The van der Waals surface area contributed by atoms with Crippen molar-refractivity contribution < 1.29 is 29.0 Å². The van der Waals surface area contributed by atoms with E-state index in [1.54, 1.807) is 17.0 Å². The van der Waals surface area contributed by atoms with E-state index < -0.39 is 29.1 Å². The summed E-state index contributed by atoms with van der Waals surface area (Å²) in [4.78, 5) is 43.6. The Hall–Kier alpha value is -2.65. The Balaban J connectivity index is 1.39. The average Bonchev–Trinajstić information content (AvgIpc) is 3.51. The number of nitrogens with one attached hydrogen (secondary N) is 2. The summed E-state index contributed by atoms with van der Waals surface area (Å²) in [5.74, 6) is -1.21. The normalized spacial score (nSPS) is 31.3.